The summed E-state index contributed by atoms with van der Waals surface area (Å²) in [5.74, 6) is -0.743. The van der Waals surface area contributed by atoms with Crippen molar-refractivity contribution in [2.75, 3.05) is 17.5 Å². The molecule has 0 aromatic heterocycles. The number of cyclic esters (lactones) is 1. The van der Waals surface area contributed by atoms with E-state index < -0.39 is 24.8 Å². The molecule has 9 heteroatoms. The van der Waals surface area contributed by atoms with Gasteiger partial charge >= 0.3 is 5.97 Å². The molecule has 0 saturated carbocycles. The van der Waals surface area contributed by atoms with Crippen LogP contribution in [0.15, 0.2) is 69.3 Å². The molecule has 4 N–H and O–H groups in total. The van der Waals surface area contributed by atoms with Crippen molar-refractivity contribution in [2.45, 2.75) is 12.2 Å². The maximum absolute atomic E-state index is 12.2. The Morgan fingerprint density at radius 3 is 2.33 bits per heavy atom. The lowest BCUT2D eigenvalue weighted by molar-refractivity contribution is -0.140. The first kappa shape index (κ1) is 19.0. The van der Waals surface area contributed by atoms with Gasteiger partial charge in [-0.2, -0.15) is 10.2 Å². The van der Waals surface area contributed by atoms with Gasteiger partial charge in [0.15, 0.2) is 11.8 Å². The van der Waals surface area contributed by atoms with Crippen LogP contribution in [0.4, 0.5) is 11.4 Å². The number of aliphatic hydroxyl groups is 2. The van der Waals surface area contributed by atoms with Crippen LogP contribution in [0.25, 0.3) is 0 Å². The Balaban J connectivity index is 1.87. The molecular weight excluding hydrogens is 416 g/mol. The summed E-state index contributed by atoms with van der Waals surface area (Å²) in [6, 6.07) is 16.3. The largest absolute Gasteiger partial charge is 0.448 e. The summed E-state index contributed by atoms with van der Waals surface area (Å²) in [5, 5.41) is 27.4. The minimum absolute atomic E-state index is 0.0824. The second-order valence-electron chi connectivity index (χ2n) is 5.63. The predicted octanol–water partition coefficient (Wildman–Crippen LogP) is 1.96. The van der Waals surface area contributed by atoms with E-state index in [0.717, 1.165) is 4.47 Å². The molecule has 1 saturated heterocycles. The molecule has 0 bridgehead atoms. The molecule has 0 aliphatic carbocycles. The van der Waals surface area contributed by atoms with Crippen LogP contribution in [-0.4, -0.2) is 46.4 Å². The number of carbonyl (C=O) groups is 1. The average molecular weight is 433 g/mol. The summed E-state index contributed by atoms with van der Waals surface area (Å²) in [4.78, 5) is 12.2. The highest BCUT2D eigenvalue weighted by Crippen LogP contribution is 2.18. The third-order valence-corrected chi connectivity index (χ3v) is 4.22. The Morgan fingerprint density at radius 2 is 1.67 bits per heavy atom. The van der Waals surface area contributed by atoms with Crippen LogP contribution in [0, 0.1) is 0 Å². The minimum atomic E-state index is -1.32. The maximum Gasteiger partial charge on any atom is 0.361 e. The van der Waals surface area contributed by atoms with Gasteiger partial charge in [-0.3, -0.25) is 10.9 Å². The second kappa shape index (κ2) is 8.76. The number of hydrazone groups is 2. The molecule has 140 valence electrons. The van der Waals surface area contributed by atoms with Crippen molar-refractivity contribution in [3.63, 3.8) is 0 Å². The van der Waals surface area contributed by atoms with Crippen LogP contribution in [0.3, 0.4) is 0 Å². The number of hydrogen-bond donors (Lipinski definition) is 4. The summed E-state index contributed by atoms with van der Waals surface area (Å²) in [5.41, 5.74) is 6.91. The molecule has 2 unspecified atom stereocenters. The molecule has 0 amide bonds. The van der Waals surface area contributed by atoms with Gasteiger partial charge in [-0.15, -0.1) is 0 Å². The molecule has 3 rings (SSSR count). The molecule has 1 aliphatic rings. The number of nitrogens with one attached hydrogen (secondary N) is 2. The fourth-order valence-electron chi connectivity index (χ4n) is 2.32. The highest BCUT2D eigenvalue weighted by Gasteiger charge is 2.42. The summed E-state index contributed by atoms with van der Waals surface area (Å²) in [7, 11) is 0. The van der Waals surface area contributed by atoms with Gasteiger partial charge in [0.2, 0.25) is 0 Å². The fourth-order valence-corrected chi connectivity index (χ4v) is 2.59. The number of anilines is 2. The van der Waals surface area contributed by atoms with Crippen molar-refractivity contribution in [3.8, 4) is 0 Å². The van der Waals surface area contributed by atoms with Gasteiger partial charge in [-0.05, 0) is 36.4 Å². The smallest absolute Gasteiger partial charge is 0.361 e. The van der Waals surface area contributed by atoms with Crippen molar-refractivity contribution >= 4 is 44.7 Å². The molecule has 2 atom stereocenters. The minimum Gasteiger partial charge on any atom is -0.448 e. The molecule has 8 nitrogen and oxygen atoms in total. The lowest BCUT2D eigenvalue weighted by Crippen LogP contribution is -2.36. The Labute approximate surface area is 163 Å². The highest BCUT2D eigenvalue weighted by molar-refractivity contribution is 9.10. The van der Waals surface area contributed by atoms with Gasteiger partial charge in [0.1, 0.15) is 11.8 Å². The third-order valence-electron chi connectivity index (χ3n) is 3.70. The van der Waals surface area contributed by atoms with Gasteiger partial charge in [0, 0.05) is 4.47 Å². The van der Waals surface area contributed by atoms with Gasteiger partial charge in [-0.1, -0.05) is 34.1 Å². The van der Waals surface area contributed by atoms with Gasteiger partial charge in [-0.25, -0.2) is 4.79 Å². The number of para-hydroxylation sites is 1. The number of halogens is 1. The van der Waals surface area contributed by atoms with E-state index in [1.54, 1.807) is 24.3 Å². The number of nitrogens with zero attached hydrogens (tertiary/aromatic N) is 2. The topological polar surface area (TPSA) is 116 Å². The molecule has 2 aromatic rings. The Hall–Kier alpha value is -2.75. The van der Waals surface area contributed by atoms with Crippen LogP contribution in [0.2, 0.25) is 0 Å². The first-order chi connectivity index (χ1) is 13.1. The predicted molar refractivity (Wildman–Crippen MR) is 106 cm³/mol. The number of rotatable bonds is 6. The number of ether oxygens (including phenoxy) is 1. The van der Waals surface area contributed by atoms with Crippen LogP contribution in [0.5, 0.6) is 0 Å². The van der Waals surface area contributed by atoms with Crippen LogP contribution in [0.1, 0.15) is 0 Å². The average Bonchev–Trinajstić information content (AvgIpc) is 3.01. The van der Waals surface area contributed by atoms with Gasteiger partial charge in [0.05, 0.1) is 18.0 Å². The lowest BCUT2D eigenvalue weighted by Gasteiger charge is -2.14. The van der Waals surface area contributed by atoms with E-state index in [2.05, 4.69) is 37.0 Å². The lowest BCUT2D eigenvalue weighted by atomic mass is 10.1. The Morgan fingerprint density at radius 1 is 1.04 bits per heavy atom. The quantitative estimate of drug-likeness (QED) is 0.409. The zero-order chi connectivity index (χ0) is 19.2. The van der Waals surface area contributed by atoms with Crippen LogP contribution >= 0.6 is 15.9 Å². The Kier molecular flexibility index (Phi) is 6.17. The number of hydrogen-bond acceptors (Lipinski definition) is 8. The SMILES string of the molecule is O=C1OC(C(O)CO)C(=N/Nc2ccc(Br)cc2)/C1=N/Nc1ccccc1. The van der Waals surface area contributed by atoms with Gasteiger partial charge in [0.25, 0.3) is 0 Å². The molecule has 27 heavy (non-hydrogen) atoms. The van der Waals surface area contributed by atoms with Crippen molar-refractivity contribution in [1.82, 2.24) is 0 Å². The molecule has 0 spiro atoms. The highest BCUT2D eigenvalue weighted by atomic mass is 79.9. The zero-order valence-electron chi connectivity index (χ0n) is 14.0. The summed E-state index contributed by atoms with van der Waals surface area (Å²) in [6.07, 6.45) is -2.44. The summed E-state index contributed by atoms with van der Waals surface area (Å²) < 4.78 is 6.04. The van der Waals surface area contributed by atoms with Gasteiger partial charge < -0.3 is 14.9 Å². The molecule has 1 aliphatic heterocycles. The van der Waals surface area contributed by atoms with Crippen LogP contribution in [-0.2, 0) is 9.53 Å². The first-order valence-corrected chi connectivity index (χ1v) is 8.86. The maximum atomic E-state index is 12.2. The second-order valence-corrected chi connectivity index (χ2v) is 6.55. The van der Waals surface area contributed by atoms with E-state index in [4.69, 9.17) is 4.74 Å². The third kappa shape index (κ3) is 4.70. The molecular formula is C18H17BrN4O4. The zero-order valence-corrected chi connectivity index (χ0v) is 15.6. The van der Waals surface area contributed by atoms with Crippen molar-refractivity contribution in [3.05, 3.63) is 59.1 Å². The van der Waals surface area contributed by atoms with E-state index in [0.29, 0.717) is 11.4 Å². The van der Waals surface area contributed by atoms with E-state index >= 15 is 0 Å². The molecule has 1 heterocycles. The van der Waals surface area contributed by atoms with E-state index in [9.17, 15) is 15.0 Å². The number of aliphatic hydroxyl groups excluding tert-OH is 2. The summed E-state index contributed by atoms with van der Waals surface area (Å²) >= 11 is 3.34. The standard InChI is InChI=1S/C18H17BrN4O4/c19-11-6-8-13(9-7-11)21-22-15-16(18(26)27-17(15)14(25)10-24)23-20-12-4-2-1-3-5-12/h1-9,14,17,20-21,24-25H,10H2/b22-15+,23-16-. The number of esters is 1. The monoisotopic (exact) mass is 432 g/mol. The molecule has 0 radical (unpaired) electrons. The number of carbonyl (C=O) groups excluding carboxylic acids is 1. The normalized spacial score (nSPS) is 20.6. The van der Waals surface area contributed by atoms with Crippen molar-refractivity contribution in [1.29, 1.82) is 0 Å². The summed E-state index contributed by atoms with van der Waals surface area (Å²) in [6.45, 7) is -0.589. The van der Waals surface area contributed by atoms with Crippen molar-refractivity contribution < 1.29 is 19.7 Å². The van der Waals surface area contributed by atoms with Crippen LogP contribution < -0.4 is 10.9 Å². The van der Waals surface area contributed by atoms with E-state index in [1.807, 2.05) is 30.3 Å². The molecule has 2 aromatic carbocycles. The first-order valence-electron chi connectivity index (χ1n) is 8.06. The Bertz CT molecular complexity index is 855. The molecule has 1 fully saturated rings. The number of benzene rings is 2. The fraction of sp³-hybridized carbons (Fsp3) is 0.167. The van der Waals surface area contributed by atoms with E-state index in [1.165, 1.54) is 0 Å². The van der Waals surface area contributed by atoms with E-state index in [-0.39, 0.29) is 11.4 Å². The van der Waals surface area contributed by atoms with Crippen molar-refractivity contribution in [2.24, 2.45) is 10.2 Å².